The zero-order valence-electron chi connectivity index (χ0n) is 15.8. The normalized spacial score (nSPS) is 13.8. The second-order valence-corrected chi connectivity index (χ2v) is 7.33. The first kappa shape index (κ1) is 18.8. The molecule has 0 aliphatic heterocycles. The SMILES string of the molecule is COc1ccccc1[C@H](NC(=O)N[C@@H](C)c1cnn(C)c1)C(C)(C)C. The van der Waals surface area contributed by atoms with Gasteiger partial charge in [0, 0.05) is 24.4 Å². The summed E-state index contributed by atoms with van der Waals surface area (Å²) in [7, 11) is 3.50. The maximum absolute atomic E-state index is 12.6. The van der Waals surface area contributed by atoms with E-state index in [0.29, 0.717) is 0 Å². The average Bonchev–Trinajstić information content (AvgIpc) is 2.98. The number of carbonyl (C=O) groups excluding carboxylic acids is 1. The van der Waals surface area contributed by atoms with E-state index in [4.69, 9.17) is 4.74 Å². The summed E-state index contributed by atoms with van der Waals surface area (Å²) in [6.45, 7) is 8.21. The number of aromatic nitrogens is 2. The van der Waals surface area contributed by atoms with E-state index in [0.717, 1.165) is 16.9 Å². The van der Waals surface area contributed by atoms with E-state index in [1.54, 1.807) is 18.0 Å². The van der Waals surface area contributed by atoms with Crippen LogP contribution in [0.5, 0.6) is 5.75 Å². The van der Waals surface area contributed by atoms with Crippen LogP contribution >= 0.6 is 0 Å². The highest BCUT2D eigenvalue weighted by atomic mass is 16.5. The third kappa shape index (κ3) is 4.75. The Labute approximate surface area is 149 Å². The average molecular weight is 344 g/mol. The first-order valence-corrected chi connectivity index (χ1v) is 8.41. The molecule has 0 spiro atoms. The number of ether oxygens (including phenoxy) is 1. The number of benzene rings is 1. The lowest BCUT2D eigenvalue weighted by Gasteiger charge is -2.33. The van der Waals surface area contributed by atoms with Crippen molar-refractivity contribution in [2.24, 2.45) is 12.5 Å². The zero-order valence-corrected chi connectivity index (χ0v) is 15.8. The number of hydrogen-bond acceptors (Lipinski definition) is 3. The van der Waals surface area contributed by atoms with Crippen LogP contribution in [0.15, 0.2) is 36.7 Å². The van der Waals surface area contributed by atoms with Gasteiger partial charge in [-0.25, -0.2) is 4.79 Å². The van der Waals surface area contributed by atoms with Crippen LogP contribution in [0.3, 0.4) is 0 Å². The Bertz CT molecular complexity index is 718. The number of aryl methyl sites for hydroxylation is 1. The molecule has 0 aliphatic carbocycles. The molecule has 0 aliphatic rings. The van der Waals surface area contributed by atoms with Gasteiger partial charge in [0.05, 0.1) is 25.4 Å². The summed E-state index contributed by atoms with van der Waals surface area (Å²) < 4.78 is 7.19. The quantitative estimate of drug-likeness (QED) is 0.871. The van der Waals surface area contributed by atoms with Gasteiger partial charge in [-0.1, -0.05) is 39.0 Å². The summed E-state index contributed by atoms with van der Waals surface area (Å²) in [5, 5.41) is 10.2. The highest BCUT2D eigenvalue weighted by molar-refractivity contribution is 5.75. The van der Waals surface area contributed by atoms with Crippen LogP contribution in [0.25, 0.3) is 0 Å². The van der Waals surface area contributed by atoms with Crippen molar-refractivity contribution in [3.8, 4) is 5.75 Å². The van der Waals surface area contributed by atoms with E-state index < -0.39 is 0 Å². The lowest BCUT2D eigenvalue weighted by molar-refractivity contribution is 0.214. The Hall–Kier alpha value is -2.50. The molecule has 25 heavy (non-hydrogen) atoms. The number of amides is 2. The molecular formula is C19H28N4O2. The molecule has 2 atom stereocenters. The molecule has 0 fully saturated rings. The van der Waals surface area contributed by atoms with Gasteiger partial charge >= 0.3 is 6.03 Å². The summed E-state index contributed by atoms with van der Waals surface area (Å²) in [5.74, 6) is 0.767. The third-order valence-electron chi connectivity index (χ3n) is 4.16. The Morgan fingerprint density at radius 2 is 1.92 bits per heavy atom. The van der Waals surface area contributed by atoms with Crippen LogP contribution in [0, 0.1) is 5.41 Å². The summed E-state index contributed by atoms with van der Waals surface area (Å²) in [6, 6.07) is 7.23. The number of hydrogen-bond donors (Lipinski definition) is 2. The minimum absolute atomic E-state index is 0.132. The smallest absolute Gasteiger partial charge is 0.315 e. The van der Waals surface area contributed by atoms with Gasteiger partial charge in [-0.2, -0.15) is 5.10 Å². The lowest BCUT2D eigenvalue weighted by Crippen LogP contribution is -2.43. The van der Waals surface area contributed by atoms with Crippen LogP contribution in [0.1, 0.15) is 50.9 Å². The Morgan fingerprint density at radius 1 is 1.24 bits per heavy atom. The van der Waals surface area contributed by atoms with Crippen molar-refractivity contribution in [2.45, 2.75) is 39.8 Å². The first-order chi connectivity index (χ1) is 11.7. The van der Waals surface area contributed by atoms with E-state index >= 15 is 0 Å². The Morgan fingerprint density at radius 3 is 2.48 bits per heavy atom. The molecule has 6 heteroatoms. The van der Waals surface area contributed by atoms with Crippen molar-refractivity contribution in [1.29, 1.82) is 0 Å². The van der Waals surface area contributed by atoms with Gasteiger partial charge in [-0.05, 0) is 18.4 Å². The van der Waals surface area contributed by atoms with E-state index in [2.05, 4.69) is 36.5 Å². The molecule has 2 N–H and O–H groups in total. The van der Waals surface area contributed by atoms with Crippen molar-refractivity contribution in [3.63, 3.8) is 0 Å². The van der Waals surface area contributed by atoms with Gasteiger partial charge < -0.3 is 15.4 Å². The molecule has 0 saturated carbocycles. The van der Waals surface area contributed by atoms with Crippen LogP contribution in [-0.2, 0) is 7.05 Å². The summed E-state index contributed by atoms with van der Waals surface area (Å²) in [4.78, 5) is 12.6. The largest absolute Gasteiger partial charge is 0.496 e. The summed E-state index contributed by atoms with van der Waals surface area (Å²) in [6.07, 6.45) is 3.65. The predicted octanol–water partition coefficient (Wildman–Crippen LogP) is 3.58. The fraction of sp³-hybridized carbons (Fsp3) is 0.474. The molecule has 2 rings (SSSR count). The molecule has 2 aromatic rings. The predicted molar refractivity (Wildman–Crippen MR) is 98.5 cm³/mol. The molecule has 0 saturated heterocycles. The molecule has 2 amide bonds. The van der Waals surface area contributed by atoms with Crippen LogP contribution < -0.4 is 15.4 Å². The standard InChI is InChI=1S/C19H28N4O2/c1-13(14-11-20-23(5)12-14)21-18(24)22-17(19(2,3)4)15-9-7-8-10-16(15)25-6/h7-13,17H,1-6H3,(H2,21,22,24)/t13-,17-/m0/s1. The number of nitrogens with one attached hydrogen (secondary N) is 2. The van der Waals surface area contributed by atoms with Gasteiger partial charge in [-0.3, -0.25) is 4.68 Å². The maximum Gasteiger partial charge on any atom is 0.315 e. The number of rotatable bonds is 5. The fourth-order valence-electron chi connectivity index (χ4n) is 2.78. The number of carbonyl (C=O) groups is 1. The molecule has 6 nitrogen and oxygen atoms in total. The minimum atomic E-state index is -0.220. The fourth-order valence-corrected chi connectivity index (χ4v) is 2.78. The molecule has 136 valence electrons. The molecule has 0 radical (unpaired) electrons. The van der Waals surface area contributed by atoms with Crippen molar-refractivity contribution < 1.29 is 9.53 Å². The molecular weight excluding hydrogens is 316 g/mol. The van der Waals surface area contributed by atoms with Crippen LogP contribution in [0.2, 0.25) is 0 Å². The van der Waals surface area contributed by atoms with Crippen LogP contribution in [-0.4, -0.2) is 22.9 Å². The lowest BCUT2D eigenvalue weighted by atomic mass is 9.82. The topological polar surface area (TPSA) is 68.2 Å². The minimum Gasteiger partial charge on any atom is -0.496 e. The van der Waals surface area contributed by atoms with Gasteiger partial charge in [-0.15, -0.1) is 0 Å². The zero-order chi connectivity index (χ0) is 18.6. The number of nitrogens with zero attached hydrogens (tertiary/aromatic N) is 2. The first-order valence-electron chi connectivity index (χ1n) is 8.41. The molecule has 0 bridgehead atoms. The van der Waals surface area contributed by atoms with Gasteiger partial charge in [0.25, 0.3) is 0 Å². The molecule has 1 aromatic carbocycles. The van der Waals surface area contributed by atoms with E-state index in [1.807, 2.05) is 44.4 Å². The highest BCUT2D eigenvalue weighted by Crippen LogP contribution is 2.37. The second kappa shape index (κ2) is 7.59. The third-order valence-corrected chi connectivity index (χ3v) is 4.16. The Kier molecular flexibility index (Phi) is 5.72. The Balaban J connectivity index is 2.16. The summed E-state index contributed by atoms with van der Waals surface area (Å²) in [5.41, 5.74) is 1.74. The van der Waals surface area contributed by atoms with Crippen molar-refractivity contribution in [1.82, 2.24) is 20.4 Å². The molecule has 1 heterocycles. The molecule has 1 aromatic heterocycles. The second-order valence-electron chi connectivity index (χ2n) is 7.33. The van der Waals surface area contributed by atoms with E-state index in [1.165, 1.54) is 0 Å². The highest BCUT2D eigenvalue weighted by Gasteiger charge is 2.30. The van der Waals surface area contributed by atoms with Gasteiger partial charge in [0.1, 0.15) is 5.75 Å². The van der Waals surface area contributed by atoms with E-state index in [9.17, 15) is 4.79 Å². The van der Waals surface area contributed by atoms with Crippen molar-refractivity contribution >= 4 is 6.03 Å². The van der Waals surface area contributed by atoms with E-state index in [-0.39, 0.29) is 23.5 Å². The monoisotopic (exact) mass is 344 g/mol. The van der Waals surface area contributed by atoms with Gasteiger partial charge in [0.2, 0.25) is 0 Å². The maximum atomic E-state index is 12.6. The number of urea groups is 1. The van der Waals surface area contributed by atoms with Crippen molar-refractivity contribution in [3.05, 3.63) is 47.8 Å². The van der Waals surface area contributed by atoms with Crippen LogP contribution in [0.4, 0.5) is 4.79 Å². The molecule has 0 unspecified atom stereocenters. The number of methoxy groups -OCH3 is 1. The summed E-state index contributed by atoms with van der Waals surface area (Å²) >= 11 is 0. The number of para-hydroxylation sites is 1. The van der Waals surface area contributed by atoms with Gasteiger partial charge in [0.15, 0.2) is 0 Å². The van der Waals surface area contributed by atoms with Crippen molar-refractivity contribution in [2.75, 3.05) is 7.11 Å².